The molecule has 0 unspecified atom stereocenters. The largest absolute Gasteiger partial charge is 0.466 e. The second kappa shape index (κ2) is 9.73. The number of methoxy groups -OCH3 is 1. The lowest BCUT2D eigenvalue weighted by Gasteiger charge is -2.36. The van der Waals surface area contributed by atoms with E-state index in [-0.39, 0.29) is 30.4 Å². The molecule has 0 bridgehead atoms. The molecule has 0 saturated carbocycles. The average Bonchev–Trinajstić information content (AvgIpc) is 3.13. The Balaban J connectivity index is 2.06. The Hall–Kier alpha value is -2.54. The number of fused-ring (bicyclic) bond motifs is 1. The van der Waals surface area contributed by atoms with Gasteiger partial charge in [0.25, 0.3) is 0 Å². The van der Waals surface area contributed by atoms with Gasteiger partial charge in [-0.25, -0.2) is 9.79 Å². The molecule has 2 aliphatic heterocycles. The van der Waals surface area contributed by atoms with Crippen molar-refractivity contribution in [2.75, 3.05) is 7.11 Å². The van der Waals surface area contributed by atoms with Crippen molar-refractivity contribution in [1.29, 1.82) is 0 Å². The molecule has 1 amide bonds. The first-order chi connectivity index (χ1) is 14.8. The van der Waals surface area contributed by atoms with E-state index in [1.807, 2.05) is 31.1 Å². The van der Waals surface area contributed by atoms with Crippen LogP contribution in [0.15, 0.2) is 51.6 Å². The fourth-order valence-electron chi connectivity index (χ4n) is 3.83. The Labute approximate surface area is 188 Å². The molecule has 0 aliphatic carbocycles. The molecular weight excluding hydrogens is 410 g/mol. The summed E-state index contributed by atoms with van der Waals surface area (Å²) in [5.74, 6) is -0.0285. The number of nitrogens with one attached hydrogen (secondary N) is 1. The molecule has 31 heavy (non-hydrogen) atoms. The van der Waals surface area contributed by atoms with E-state index in [1.54, 1.807) is 0 Å². The normalized spacial score (nSPS) is 18.2. The van der Waals surface area contributed by atoms with E-state index in [0.29, 0.717) is 17.9 Å². The number of amidine groups is 1. The lowest BCUT2D eigenvalue weighted by molar-refractivity contribution is -0.136. The number of hydrogen-bond donors (Lipinski definition) is 1. The quantitative estimate of drug-likeness (QED) is 0.612. The molecule has 1 N–H and O–H groups in total. The zero-order valence-corrected chi connectivity index (χ0v) is 19.9. The molecule has 0 radical (unpaired) electrons. The molecule has 1 aromatic rings. The van der Waals surface area contributed by atoms with Crippen LogP contribution in [0.5, 0.6) is 0 Å². The van der Waals surface area contributed by atoms with Crippen molar-refractivity contribution >= 4 is 28.8 Å². The Kier molecular flexibility index (Phi) is 7.26. The van der Waals surface area contributed by atoms with Gasteiger partial charge in [-0.05, 0) is 42.7 Å². The molecule has 0 fully saturated rings. The molecule has 6 nitrogen and oxygen atoms in total. The summed E-state index contributed by atoms with van der Waals surface area (Å²) < 4.78 is 5.15. The number of allylic oxidation sites excluding steroid dienone is 1. The fraction of sp³-hybridized carbons (Fsp3) is 0.458. The molecule has 0 aromatic heterocycles. The minimum absolute atomic E-state index is 0.0538. The maximum Gasteiger partial charge on any atom is 0.338 e. The third kappa shape index (κ3) is 4.87. The highest BCUT2D eigenvalue weighted by Crippen LogP contribution is 2.45. The Bertz CT molecular complexity index is 945. The first-order valence-corrected chi connectivity index (χ1v) is 11.6. The highest BCUT2D eigenvalue weighted by atomic mass is 32.2. The zero-order chi connectivity index (χ0) is 22.7. The molecule has 7 heteroatoms. The molecule has 1 aromatic carbocycles. The van der Waals surface area contributed by atoms with Gasteiger partial charge in [0.15, 0.2) is 5.17 Å². The monoisotopic (exact) mass is 441 g/mol. The minimum Gasteiger partial charge on any atom is -0.466 e. The smallest absolute Gasteiger partial charge is 0.338 e. The van der Waals surface area contributed by atoms with Gasteiger partial charge in [-0.3, -0.25) is 4.79 Å². The summed E-state index contributed by atoms with van der Waals surface area (Å²) in [5, 5.41) is 5.69. The summed E-state index contributed by atoms with van der Waals surface area (Å²) in [5.41, 5.74) is 4.29. The van der Waals surface area contributed by atoms with Crippen LogP contribution < -0.4 is 5.32 Å². The molecule has 1 atom stereocenters. The summed E-state index contributed by atoms with van der Waals surface area (Å²) in [7, 11) is 1.40. The maximum absolute atomic E-state index is 12.9. The predicted octanol–water partition coefficient (Wildman–Crippen LogP) is 4.86. The predicted molar refractivity (Wildman–Crippen MR) is 125 cm³/mol. The number of esters is 1. The minimum atomic E-state index is -0.388. The number of benzene rings is 1. The van der Waals surface area contributed by atoms with Crippen molar-refractivity contribution < 1.29 is 14.3 Å². The summed E-state index contributed by atoms with van der Waals surface area (Å²) in [4.78, 5) is 32.2. The van der Waals surface area contributed by atoms with Gasteiger partial charge in [-0.15, -0.1) is 0 Å². The van der Waals surface area contributed by atoms with Gasteiger partial charge in [-0.2, -0.15) is 0 Å². The number of carbonyl (C=O) groups excluding carboxylic acids is 2. The van der Waals surface area contributed by atoms with Gasteiger partial charge in [0.1, 0.15) is 0 Å². The van der Waals surface area contributed by atoms with Crippen LogP contribution in [0.2, 0.25) is 0 Å². The zero-order valence-electron chi connectivity index (χ0n) is 19.1. The second-order valence-corrected chi connectivity index (χ2v) is 9.16. The number of rotatable bonds is 7. The first kappa shape index (κ1) is 23.1. The van der Waals surface area contributed by atoms with Crippen LogP contribution in [0.1, 0.15) is 70.5 Å². The van der Waals surface area contributed by atoms with Gasteiger partial charge in [0.05, 0.1) is 30.8 Å². The second-order valence-electron chi connectivity index (χ2n) is 8.32. The van der Waals surface area contributed by atoms with Crippen LogP contribution in [0, 0.1) is 0 Å². The van der Waals surface area contributed by atoms with E-state index in [1.165, 1.54) is 24.4 Å². The van der Waals surface area contributed by atoms with Gasteiger partial charge in [0, 0.05) is 11.7 Å². The van der Waals surface area contributed by atoms with Crippen LogP contribution >= 0.6 is 11.8 Å². The Morgan fingerprint density at radius 3 is 2.42 bits per heavy atom. The van der Waals surface area contributed by atoms with Crippen molar-refractivity contribution in [2.45, 2.75) is 65.5 Å². The molecule has 166 valence electrons. The third-order valence-electron chi connectivity index (χ3n) is 5.34. The number of thioether (sulfide) groups is 1. The Morgan fingerprint density at radius 1 is 1.19 bits per heavy atom. The van der Waals surface area contributed by atoms with E-state index in [9.17, 15) is 9.59 Å². The van der Waals surface area contributed by atoms with Crippen LogP contribution in [-0.4, -0.2) is 35.1 Å². The van der Waals surface area contributed by atoms with Crippen molar-refractivity contribution in [3.63, 3.8) is 0 Å². The first-order valence-electron chi connectivity index (χ1n) is 10.7. The average molecular weight is 442 g/mol. The highest BCUT2D eigenvalue weighted by molar-refractivity contribution is 8.16. The highest BCUT2D eigenvalue weighted by Gasteiger charge is 2.41. The molecular formula is C24H31N3O3S. The summed E-state index contributed by atoms with van der Waals surface area (Å²) >= 11 is 1.49. The number of hydrogen-bond acceptors (Lipinski definition) is 6. The molecule has 0 saturated heterocycles. The number of aliphatic imine (C=N–C) groups is 1. The fourth-order valence-corrected chi connectivity index (χ4v) is 4.77. The van der Waals surface area contributed by atoms with Crippen LogP contribution in [0.3, 0.4) is 0 Å². The maximum atomic E-state index is 12.9. The number of nitrogens with zero attached hydrogens (tertiary/aromatic N) is 2. The van der Waals surface area contributed by atoms with Gasteiger partial charge >= 0.3 is 5.97 Å². The van der Waals surface area contributed by atoms with Crippen LogP contribution in [-0.2, 0) is 14.3 Å². The number of ether oxygens (including phenoxy) is 1. The molecule has 2 heterocycles. The van der Waals surface area contributed by atoms with E-state index >= 15 is 0 Å². The topological polar surface area (TPSA) is 71.0 Å². The van der Waals surface area contributed by atoms with Crippen LogP contribution in [0.25, 0.3) is 0 Å². The number of amides is 1. The van der Waals surface area contributed by atoms with Crippen molar-refractivity contribution in [3.05, 3.63) is 57.8 Å². The summed E-state index contributed by atoms with van der Waals surface area (Å²) in [6, 6.07) is 8.01. The number of carbonyl (C=O) groups is 2. The molecule has 0 spiro atoms. The SMILES string of the molecule is CCC1=C(C(=O)OC)[C@@H](c2ccc(C(C)C)cc2)N2C(CC(=O)NC(C)C)=CSC2=N1. The lowest BCUT2D eigenvalue weighted by atomic mass is 9.91. The lowest BCUT2D eigenvalue weighted by Crippen LogP contribution is -2.38. The third-order valence-corrected chi connectivity index (χ3v) is 6.23. The molecule has 3 rings (SSSR count). The van der Waals surface area contributed by atoms with Crippen molar-refractivity contribution in [1.82, 2.24) is 10.2 Å². The van der Waals surface area contributed by atoms with E-state index in [2.05, 4.69) is 43.4 Å². The van der Waals surface area contributed by atoms with Crippen molar-refractivity contribution in [2.24, 2.45) is 4.99 Å². The van der Waals surface area contributed by atoms with E-state index in [4.69, 9.17) is 9.73 Å². The van der Waals surface area contributed by atoms with E-state index < -0.39 is 0 Å². The van der Waals surface area contributed by atoms with Crippen molar-refractivity contribution in [3.8, 4) is 0 Å². The standard InChI is InChI=1S/C24H31N3O3S/c1-7-19-21(23(29)30-6)22(17-10-8-16(9-11-17)14(2)3)27-18(13-31-24(27)26-19)12-20(28)25-15(4)5/h8-11,13-15,22H,7,12H2,1-6H3,(H,25,28)/t22-/m1/s1. The van der Waals surface area contributed by atoms with Crippen LogP contribution in [0.4, 0.5) is 0 Å². The van der Waals surface area contributed by atoms with Gasteiger partial charge < -0.3 is 15.0 Å². The van der Waals surface area contributed by atoms with Gasteiger partial charge in [-0.1, -0.05) is 56.8 Å². The van der Waals surface area contributed by atoms with Gasteiger partial charge in [0.2, 0.25) is 5.91 Å². The van der Waals surface area contributed by atoms with E-state index in [0.717, 1.165) is 22.1 Å². The summed E-state index contributed by atoms with van der Waals surface area (Å²) in [6.07, 6.45) is 0.840. The molecule has 2 aliphatic rings. The Morgan fingerprint density at radius 2 is 1.87 bits per heavy atom. The summed E-state index contributed by atoms with van der Waals surface area (Å²) in [6.45, 7) is 10.2.